The van der Waals surface area contributed by atoms with Crippen LogP contribution in [0.15, 0.2) is 23.1 Å². The Morgan fingerprint density at radius 3 is 2.80 bits per heavy atom. The first-order chi connectivity index (χ1) is 9.50. The van der Waals surface area contributed by atoms with Crippen molar-refractivity contribution in [1.82, 2.24) is 9.62 Å². The summed E-state index contributed by atoms with van der Waals surface area (Å²) in [5, 5.41) is 3.28. The Hall–Kier alpha value is -1.31. The van der Waals surface area contributed by atoms with Gasteiger partial charge in [0, 0.05) is 31.2 Å². The predicted octanol–water partition coefficient (Wildman–Crippen LogP) is 0.786. The fraction of sp³-hybridized carbons (Fsp3) is 0.538. The molecule has 2 aliphatic heterocycles. The van der Waals surface area contributed by atoms with Crippen molar-refractivity contribution < 1.29 is 17.9 Å². The molecule has 0 saturated carbocycles. The van der Waals surface area contributed by atoms with Gasteiger partial charge in [-0.2, -0.15) is 4.31 Å². The molecule has 0 bridgehead atoms. The number of nitrogens with one attached hydrogen (secondary N) is 1. The number of nitrogens with zero attached hydrogens (tertiary/aromatic N) is 1. The Kier molecular flexibility index (Phi) is 3.35. The maximum atomic E-state index is 12.7. The van der Waals surface area contributed by atoms with Crippen molar-refractivity contribution in [3.63, 3.8) is 0 Å². The van der Waals surface area contributed by atoms with Crippen molar-refractivity contribution in [2.24, 2.45) is 0 Å². The first-order valence-corrected chi connectivity index (χ1v) is 8.09. The van der Waals surface area contributed by atoms with Crippen LogP contribution >= 0.6 is 0 Å². The predicted molar refractivity (Wildman–Crippen MR) is 73.4 cm³/mol. The van der Waals surface area contributed by atoms with Crippen molar-refractivity contribution in [2.75, 3.05) is 19.9 Å². The zero-order chi connectivity index (χ0) is 14.3. The van der Waals surface area contributed by atoms with Crippen molar-refractivity contribution in [1.29, 1.82) is 0 Å². The second-order valence-electron chi connectivity index (χ2n) is 5.11. The molecular weight excluding hydrogens is 280 g/mol. The van der Waals surface area contributed by atoms with Crippen LogP contribution in [0.5, 0.6) is 11.5 Å². The van der Waals surface area contributed by atoms with Gasteiger partial charge in [-0.25, -0.2) is 8.42 Å². The molecule has 20 heavy (non-hydrogen) atoms. The smallest absolute Gasteiger partial charge is 0.243 e. The lowest BCUT2D eigenvalue weighted by molar-refractivity contribution is 0.174. The van der Waals surface area contributed by atoms with E-state index >= 15 is 0 Å². The highest BCUT2D eigenvalue weighted by Crippen LogP contribution is 2.35. The highest BCUT2D eigenvalue weighted by molar-refractivity contribution is 7.89. The van der Waals surface area contributed by atoms with Gasteiger partial charge in [-0.05, 0) is 26.0 Å². The maximum absolute atomic E-state index is 12.7. The molecule has 0 unspecified atom stereocenters. The third-order valence-electron chi connectivity index (χ3n) is 3.93. The van der Waals surface area contributed by atoms with Crippen molar-refractivity contribution in [3.8, 4) is 11.5 Å². The Morgan fingerprint density at radius 2 is 2.00 bits per heavy atom. The number of hydrogen-bond donors (Lipinski definition) is 1. The quantitative estimate of drug-likeness (QED) is 0.874. The van der Waals surface area contributed by atoms with Crippen molar-refractivity contribution in [3.05, 3.63) is 18.2 Å². The van der Waals surface area contributed by atoms with Crippen LogP contribution in [0.1, 0.15) is 13.8 Å². The van der Waals surface area contributed by atoms with Gasteiger partial charge in [0.05, 0.1) is 4.90 Å². The summed E-state index contributed by atoms with van der Waals surface area (Å²) in [4.78, 5) is 0.253. The molecule has 7 heteroatoms. The molecule has 110 valence electrons. The summed E-state index contributed by atoms with van der Waals surface area (Å²) in [6, 6.07) is 4.80. The molecule has 2 heterocycles. The molecule has 0 aromatic heterocycles. The molecular formula is C13H18N2O4S. The second-order valence-corrected chi connectivity index (χ2v) is 7.00. The summed E-state index contributed by atoms with van der Waals surface area (Å²) < 4.78 is 37.5. The number of benzene rings is 1. The Balaban J connectivity index is 1.95. The van der Waals surface area contributed by atoms with Crippen LogP contribution < -0.4 is 14.8 Å². The van der Waals surface area contributed by atoms with E-state index in [0.717, 1.165) is 0 Å². The van der Waals surface area contributed by atoms with Gasteiger partial charge in [-0.1, -0.05) is 0 Å². The summed E-state index contributed by atoms with van der Waals surface area (Å²) in [7, 11) is -3.51. The van der Waals surface area contributed by atoms with Gasteiger partial charge >= 0.3 is 0 Å². The van der Waals surface area contributed by atoms with Crippen LogP contribution in [0.3, 0.4) is 0 Å². The summed E-state index contributed by atoms with van der Waals surface area (Å²) >= 11 is 0. The van der Waals surface area contributed by atoms with Gasteiger partial charge in [-0.3, -0.25) is 0 Å². The SMILES string of the molecule is C[C@@H]1NCCN(S(=O)(=O)c2ccc3c(c2)OCO3)[C@@H]1C. The molecule has 2 aliphatic rings. The van der Waals surface area contributed by atoms with E-state index in [1.807, 2.05) is 13.8 Å². The molecule has 6 nitrogen and oxygen atoms in total. The lowest BCUT2D eigenvalue weighted by Crippen LogP contribution is -2.57. The number of hydrogen-bond acceptors (Lipinski definition) is 5. The minimum atomic E-state index is -3.51. The monoisotopic (exact) mass is 298 g/mol. The minimum absolute atomic E-state index is 0.0841. The van der Waals surface area contributed by atoms with Gasteiger partial charge < -0.3 is 14.8 Å². The zero-order valence-electron chi connectivity index (χ0n) is 11.5. The van der Waals surface area contributed by atoms with Crippen LogP contribution in [-0.4, -0.2) is 44.7 Å². The van der Waals surface area contributed by atoms with E-state index in [1.54, 1.807) is 16.4 Å². The normalized spacial score (nSPS) is 26.7. The molecule has 3 rings (SSSR count). The maximum Gasteiger partial charge on any atom is 0.243 e. The van der Waals surface area contributed by atoms with E-state index in [4.69, 9.17) is 9.47 Å². The van der Waals surface area contributed by atoms with Gasteiger partial charge in [-0.15, -0.1) is 0 Å². The summed E-state index contributed by atoms with van der Waals surface area (Å²) in [6.45, 7) is 5.19. The largest absolute Gasteiger partial charge is 0.454 e. The molecule has 1 aromatic rings. The van der Waals surface area contributed by atoms with E-state index < -0.39 is 10.0 Å². The van der Waals surface area contributed by atoms with E-state index in [2.05, 4.69) is 5.32 Å². The third kappa shape index (κ3) is 2.15. The first-order valence-electron chi connectivity index (χ1n) is 6.65. The molecule has 0 spiro atoms. The van der Waals surface area contributed by atoms with E-state index in [9.17, 15) is 8.42 Å². The van der Waals surface area contributed by atoms with Gasteiger partial charge in [0.15, 0.2) is 11.5 Å². The second kappa shape index (κ2) is 4.91. The molecule has 1 fully saturated rings. The number of ether oxygens (including phenoxy) is 2. The molecule has 2 atom stereocenters. The third-order valence-corrected chi connectivity index (χ3v) is 5.91. The number of fused-ring (bicyclic) bond motifs is 1. The Labute approximate surface area is 118 Å². The number of sulfonamides is 1. The fourth-order valence-electron chi connectivity index (χ4n) is 2.54. The van der Waals surface area contributed by atoms with E-state index in [1.165, 1.54) is 6.07 Å². The molecule has 1 aromatic carbocycles. The highest BCUT2D eigenvalue weighted by Gasteiger charge is 2.35. The standard InChI is InChI=1S/C13H18N2O4S/c1-9-10(2)15(6-5-14-9)20(16,17)11-3-4-12-13(7-11)19-8-18-12/h3-4,7,9-10,14H,5-6,8H2,1-2H3/t9-,10+/m0/s1. The van der Waals surface area contributed by atoms with E-state index in [-0.39, 0.29) is 23.8 Å². The number of piperazine rings is 1. The topological polar surface area (TPSA) is 67.9 Å². The lowest BCUT2D eigenvalue weighted by Gasteiger charge is -2.37. The Morgan fingerprint density at radius 1 is 1.25 bits per heavy atom. The van der Waals surface area contributed by atoms with Crippen LogP contribution in [0, 0.1) is 0 Å². The van der Waals surface area contributed by atoms with E-state index in [0.29, 0.717) is 24.6 Å². The number of rotatable bonds is 2. The molecule has 0 radical (unpaired) electrons. The van der Waals surface area contributed by atoms with Gasteiger partial charge in [0.2, 0.25) is 16.8 Å². The first kappa shape index (κ1) is 13.7. The van der Waals surface area contributed by atoms with Gasteiger partial charge in [0.25, 0.3) is 0 Å². The van der Waals surface area contributed by atoms with Crippen LogP contribution in [0.2, 0.25) is 0 Å². The zero-order valence-corrected chi connectivity index (χ0v) is 12.3. The molecule has 0 aliphatic carbocycles. The van der Waals surface area contributed by atoms with Crippen LogP contribution in [-0.2, 0) is 10.0 Å². The van der Waals surface area contributed by atoms with Crippen LogP contribution in [0.4, 0.5) is 0 Å². The summed E-state index contributed by atoms with van der Waals surface area (Å²) in [5.41, 5.74) is 0. The Bertz CT molecular complexity index is 617. The minimum Gasteiger partial charge on any atom is -0.454 e. The molecule has 0 amide bonds. The fourth-order valence-corrected chi connectivity index (χ4v) is 4.26. The summed E-state index contributed by atoms with van der Waals surface area (Å²) in [5.74, 6) is 1.08. The summed E-state index contributed by atoms with van der Waals surface area (Å²) in [6.07, 6.45) is 0. The van der Waals surface area contributed by atoms with Crippen LogP contribution in [0.25, 0.3) is 0 Å². The van der Waals surface area contributed by atoms with Gasteiger partial charge in [0.1, 0.15) is 0 Å². The lowest BCUT2D eigenvalue weighted by atomic mass is 10.1. The molecule has 1 N–H and O–H groups in total. The highest BCUT2D eigenvalue weighted by atomic mass is 32.2. The average Bonchev–Trinajstić information content (AvgIpc) is 2.89. The van der Waals surface area contributed by atoms with Crippen molar-refractivity contribution in [2.45, 2.75) is 30.8 Å². The molecule has 1 saturated heterocycles. The average molecular weight is 298 g/mol. The van der Waals surface area contributed by atoms with Crippen molar-refractivity contribution >= 4 is 10.0 Å².